The van der Waals surface area contributed by atoms with Crippen LogP contribution in [0.1, 0.15) is 56.1 Å². The van der Waals surface area contributed by atoms with E-state index in [0.717, 1.165) is 42.8 Å². The smallest absolute Gasteiger partial charge is 0.191 e. The van der Waals surface area contributed by atoms with Crippen molar-refractivity contribution < 1.29 is 14.6 Å². The predicted octanol–water partition coefficient (Wildman–Crippen LogP) is 1.96. The van der Waals surface area contributed by atoms with Gasteiger partial charge in [0.25, 0.3) is 0 Å². The maximum Gasteiger partial charge on any atom is 0.191 e. The second kappa shape index (κ2) is 7.57. The summed E-state index contributed by atoms with van der Waals surface area (Å²) < 4.78 is 5.51. The lowest BCUT2D eigenvalue weighted by Gasteiger charge is -2.33. The minimum atomic E-state index is -1.07. The topological polar surface area (TPSA) is 90.0 Å². The third-order valence-corrected chi connectivity index (χ3v) is 4.81. The molecule has 136 valence electrons. The summed E-state index contributed by atoms with van der Waals surface area (Å²) in [5, 5.41) is 27.6. The SMILES string of the molecule is CN=C(NCC1(O)CCCCC1)NCC(C)(O)c1cc(C)oc1C. The van der Waals surface area contributed by atoms with Gasteiger partial charge in [0.2, 0.25) is 0 Å². The van der Waals surface area contributed by atoms with E-state index < -0.39 is 11.2 Å². The van der Waals surface area contributed by atoms with Crippen LogP contribution >= 0.6 is 0 Å². The quantitative estimate of drug-likeness (QED) is 0.487. The van der Waals surface area contributed by atoms with Crippen molar-refractivity contribution in [1.29, 1.82) is 0 Å². The van der Waals surface area contributed by atoms with Gasteiger partial charge in [0, 0.05) is 19.2 Å². The van der Waals surface area contributed by atoms with Crippen molar-refractivity contribution in [3.8, 4) is 0 Å². The first-order chi connectivity index (χ1) is 11.3. The number of furan rings is 1. The van der Waals surface area contributed by atoms with Gasteiger partial charge in [0.1, 0.15) is 17.1 Å². The molecule has 6 nitrogen and oxygen atoms in total. The van der Waals surface area contributed by atoms with Gasteiger partial charge in [0.05, 0.1) is 12.1 Å². The lowest BCUT2D eigenvalue weighted by Crippen LogP contribution is -2.50. The molecule has 1 aliphatic rings. The Morgan fingerprint density at radius 1 is 1.29 bits per heavy atom. The van der Waals surface area contributed by atoms with Crippen LogP contribution < -0.4 is 10.6 Å². The number of nitrogens with one attached hydrogen (secondary N) is 2. The molecular formula is C18H31N3O3. The fourth-order valence-electron chi connectivity index (χ4n) is 3.37. The Bertz CT molecular complexity index is 572. The molecule has 0 aliphatic heterocycles. The highest BCUT2D eigenvalue weighted by Gasteiger charge is 2.30. The third kappa shape index (κ3) is 4.74. The van der Waals surface area contributed by atoms with Crippen LogP contribution in [0.3, 0.4) is 0 Å². The molecule has 24 heavy (non-hydrogen) atoms. The van der Waals surface area contributed by atoms with E-state index in [9.17, 15) is 10.2 Å². The largest absolute Gasteiger partial charge is 0.466 e. The average Bonchev–Trinajstić information content (AvgIpc) is 2.87. The molecule has 0 radical (unpaired) electrons. The number of aliphatic hydroxyl groups is 2. The standard InChI is InChI=1S/C18H31N3O3/c1-13-10-15(14(2)24-13)17(3,22)11-20-16(19-4)21-12-18(23)8-6-5-7-9-18/h10,22-23H,5-9,11-12H2,1-4H3,(H2,19,20,21). The Kier molecular flexibility index (Phi) is 5.93. The maximum atomic E-state index is 10.7. The van der Waals surface area contributed by atoms with Crippen molar-refractivity contribution in [3.63, 3.8) is 0 Å². The van der Waals surface area contributed by atoms with Gasteiger partial charge in [-0.3, -0.25) is 4.99 Å². The molecule has 0 saturated heterocycles. The Morgan fingerprint density at radius 3 is 2.50 bits per heavy atom. The zero-order valence-corrected chi connectivity index (χ0v) is 15.3. The van der Waals surface area contributed by atoms with E-state index >= 15 is 0 Å². The Hall–Kier alpha value is -1.53. The number of aliphatic imine (C=N–C) groups is 1. The van der Waals surface area contributed by atoms with Crippen molar-refractivity contribution >= 4 is 5.96 Å². The molecule has 0 bridgehead atoms. The predicted molar refractivity (Wildman–Crippen MR) is 95.2 cm³/mol. The van der Waals surface area contributed by atoms with Gasteiger partial charge in [-0.2, -0.15) is 0 Å². The van der Waals surface area contributed by atoms with Crippen LogP contribution in [0.5, 0.6) is 0 Å². The van der Waals surface area contributed by atoms with Gasteiger partial charge in [-0.25, -0.2) is 0 Å². The van der Waals surface area contributed by atoms with Gasteiger partial charge >= 0.3 is 0 Å². The van der Waals surface area contributed by atoms with E-state index in [0.29, 0.717) is 19.0 Å². The first kappa shape index (κ1) is 18.8. The van der Waals surface area contributed by atoms with Gasteiger partial charge < -0.3 is 25.3 Å². The molecule has 1 aromatic rings. The van der Waals surface area contributed by atoms with E-state index in [4.69, 9.17) is 4.42 Å². The number of nitrogens with zero attached hydrogens (tertiary/aromatic N) is 1. The lowest BCUT2D eigenvalue weighted by atomic mass is 9.85. The minimum Gasteiger partial charge on any atom is -0.466 e. The fraction of sp³-hybridized carbons (Fsp3) is 0.722. The molecule has 0 aromatic carbocycles. The van der Waals surface area contributed by atoms with E-state index in [1.54, 1.807) is 14.0 Å². The van der Waals surface area contributed by atoms with Crippen molar-refractivity contribution in [2.45, 2.75) is 64.1 Å². The van der Waals surface area contributed by atoms with Crippen molar-refractivity contribution in [2.24, 2.45) is 4.99 Å². The molecule has 0 spiro atoms. The number of rotatable bonds is 5. The summed E-state index contributed by atoms with van der Waals surface area (Å²) in [5.41, 5.74) is -0.952. The second-order valence-electron chi connectivity index (χ2n) is 7.17. The molecule has 1 aliphatic carbocycles. The van der Waals surface area contributed by atoms with Crippen LogP contribution in [0.2, 0.25) is 0 Å². The first-order valence-electron chi connectivity index (χ1n) is 8.72. The van der Waals surface area contributed by atoms with E-state index in [-0.39, 0.29) is 0 Å². The summed E-state index contributed by atoms with van der Waals surface area (Å²) >= 11 is 0. The highest BCUT2D eigenvalue weighted by Crippen LogP contribution is 2.28. The molecule has 0 amide bonds. The number of aryl methyl sites for hydroxylation is 2. The van der Waals surface area contributed by atoms with Gasteiger partial charge in [-0.15, -0.1) is 0 Å². The summed E-state index contributed by atoms with van der Waals surface area (Å²) in [6.45, 7) is 6.23. The summed E-state index contributed by atoms with van der Waals surface area (Å²) in [7, 11) is 1.68. The minimum absolute atomic E-state index is 0.297. The molecule has 1 saturated carbocycles. The zero-order valence-electron chi connectivity index (χ0n) is 15.3. The summed E-state index contributed by atoms with van der Waals surface area (Å²) in [4.78, 5) is 4.18. The highest BCUT2D eigenvalue weighted by molar-refractivity contribution is 5.79. The van der Waals surface area contributed by atoms with Gasteiger partial charge in [0.15, 0.2) is 5.96 Å². The Labute approximate surface area is 144 Å². The molecule has 2 rings (SSSR count). The van der Waals surface area contributed by atoms with Crippen molar-refractivity contribution in [3.05, 3.63) is 23.2 Å². The van der Waals surface area contributed by atoms with E-state index in [1.165, 1.54) is 6.42 Å². The normalized spacial score (nSPS) is 20.5. The molecular weight excluding hydrogens is 306 g/mol. The summed E-state index contributed by atoms with van der Waals surface area (Å²) in [6.07, 6.45) is 4.97. The highest BCUT2D eigenvalue weighted by atomic mass is 16.3. The Morgan fingerprint density at radius 2 is 1.96 bits per heavy atom. The first-order valence-corrected chi connectivity index (χ1v) is 8.72. The van der Waals surface area contributed by atoms with E-state index in [1.807, 2.05) is 19.9 Å². The third-order valence-electron chi connectivity index (χ3n) is 4.81. The molecule has 1 atom stereocenters. The fourth-order valence-corrected chi connectivity index (χ4v) is 3.37. The van der Waals surface area contributed by atoms with Gasteiger partial charge in [-0.05, 0) is 39.7 Å². The molecule has 1 aromatic heterocycles. The molecule has 1 fully saturated rings. The molecule has 1 unspecified atom stereocenters. The monoisotopic (exact) mass is 337 g/mol. The second-order valence-corrected chi connectivity index (χ2v) is 7.17. The van der Waals surface area contributed by atoms with Crippen molar-refractivity contribution in [2.75, 3.05) is 20.1 Å². The van der Waals surface area contributed by atoms with Crippen LogP contribution in [-0.2, 0) is 5.60 Å². The van der Waals surface area contributed by atoms with Crippen LogP contribution in [0, 0.1) is 13.8 Å². The van der Waals surface area contributed by atoms with Gasteiger partial charge in [-0.1, -0.05) is 19.3 Å². The Balaban J connectivity index is 1.90. The van der Waals surface area contributed by atoms with Crippen LogP contribution in [0.15, 0.2) is 15.5 Å². The zero-order chi connectivity index (χ0) is 17.8. The summed E-state index contributed by atoms with van der Waals surface area (Å²) in [5.74, 6) is 2.08. The number of hydrogen-bond acceptors (Lipinski definition) is 4. The lowest BCUT2D eigenvalue weighted by molar-refractivity contribution is 0.00845. The van der Waals surface area contributed by atoms with Crippen molar-refractivity contribution in [1.82, 2.24) is 10.6 Å². The van der Waals surface area contributed by atoms with Crippen LogP contribution in [0.4, 0.5) is 0 Å². The molecule has 4 N–H and O–H groups in total. The maximum absolute atomic E-state index is 10.7. The van der Waals surface area contributed by atoms with Crippen LogP contribution in [0.25, 0.3) is 0 Å². The number of guanidine groups is 1. The molecule has 1 heterocycles. The summed E-state index contributed by atoms with van der Waals surface area (Å²) in [6, 6.07) is 1.86. The molecule has 6 heteroatoms. The van der Waals surface area contributed by atoms with Crippen LogP contribution in [-0.4, -0.2) is 41.9 Å². The number of hydrogen-bond donors (Lipinski definition) is 4. The van der Waals surface area contributed by atoms with E-state index in [2.05, 4.69) is 15.6 Å². The average molecular weight is 337 g/mol.